The average Bonchev–Trinajstić information content (AvgIpc) is 3.34. The molecule has 0 unspecified atom stereocenters. The van der Waals surface area contributed by atoms with Crippen LogP contribution in [-0.4, -0.2) is 28.1 Å². The van der Waals surface area contributed by atoms with Gasteiger partial charge in [0, 0.05) is 37.1 Å². The van der Waals surface area contributed by atoms with Gasteiger partial charge in [0.2, 0.25) is 11.8 Å². The Labute approximate surface area is 176 Å². The lowest BCUT2D eigenvalue weighted by atomic mass is 10.0. The molecule has 0 spiro atoms. The molecule has 1 fully saturated rings. The number of benzene rings is 2. The molecule has 2 aromatic carbocycles. The Morgan fingerprint density at radius 3 is 2.65 bits per heavy atom. The fraction of sp³-hybridized carbons (Fsp3) is 0.227. The minimum atomic E-state index is -3.04. The van der Waals surface area contributed by atoms with Gasteiger partial charge < -0.3 is 10.6 Å². The van der Waals surface area contributed by atoms with Crippen LogP contribution in [0.1, 0.15) is 18.9 Å². The summed E-state index contributed by atoms with van der Waals surface area (Å²) in [6.45, 7) is 1.04. The van der Waals surface area contributed by atoms with Gasteiger partial charge in [-0.3, -0.25) is 9.59 Å². The molecule has 6 nitrogen and oxygen atoms in total. The Bertz CT molecular complexity index is 1150. The van der Waals surface area contributed by atoms with E-state index in [0.717, 1.165) is 6.92 Å². The van der Waals surface area contributed by atoms with E-state index in [1.165, 1.54) is 47.1 Å². The standard InChI is InChI=1S/C22H19F3N4O2/c1-22(24,25)15-5-2-4-13(8-15)18-11-19(27-21(31)14-9-20(30)26-12-14)28-29(18)17-7-3-6-16(23)10-17/h2-8,10-11,14H,9,12H2,1H3,(H,26,30)(H,27,28,31)/t14-/m1/s1. The fourth-order valence-corrected chi connectivity index (χ4v) is 3.42. The van der Waals surface area contributed by atoms with Gasteiger partial charge >= 0.3 is 0 Å². The van der Waals surface area contributed by atoms with Crippen molar-refractivity contribution >= 4 is 17.6 Å². The second kappa shape index (κ2) is 7.90. The molecule has 2 amide bonds. The van der Waals surface area contributed by atoms with E-state index < -0.39 is 17.7 Å². The molecule has 2 heterocycles. The molecular formula is C22H19F3N4O2. The number of rotatable bonds is 5. The van der Waals surface area contributed by atoms with Crippen molar-refractivity contribution in [1.82, 2.24) is 15.1 Å². The van der Waals surface area contributed by atoms with E-state index in [4.69, 9.17) is 0 Å². The zero-order chi connectivity index (χ0) is 22.2. The van der Waals surface area contributed by atoms with Crippen LogP contribution in [0.25, 0.3) is 16.9 Å². The van der Waals surface area contributed by atoms with Crippen LogP contribution in [0, 0.1) is 11.7 Å². The van der Waals surface area contributed by atoms with Crippen molar-refractivity contribution in [3.05, 3.63) is 66.0 Å². The molecule has 1 aliphatic heterocycles. The zero-order valence-corrected chi connectivity index (χ0v) is 16.5. The van der Waals surface area contributed by atoms with Crippen molar-refractivity contribution in [2.24, 2.45) is 5.92 Å². The highest BCUT2D eigenvalue weighted by molar-refractivity contribution is 5.97. The van der Waals surface area contributed by atoms with Gasteiger partial charge in [0.15, 0.2) is 5.82 Å². The first-order valence-corrected chi connectivity index (χ1v) is 9.63. The minimum absolute atomic E-state index is 0.0803. The van der Waals surface area contributed by atoms with Crippen LogP contribution in [0.2, 0.25) is 0 Å². The maximum Gasteiger partial charge on any atom is 0.270 e. The molecule has 4 rings (SSSR count). The van der Waals surface area contributed by atoms with Gasteiger partial charge in [-0.15, -0.1) is 5.10 Å². The van der Waals surface area contributed by atoms with Crippen molar-refractivity contribution in [1.29, 1.82) is 0 Å². The van der Waals surface area contributed by atoms with Gasteiger partial charge in [0.25, 0.3) is 5.92 Å². The molecule has 0 bridgehead atoms. The quantitative estimate of drug-likeness (QED) is 0.648. The molecule has 1 atom stereocenters. The first-order chi connectivity index (χ1) is 14.7. The molecule has 0 aliphatic carbocycles. The van der Waals surface area contributed by atoms with Crippen LogP contribution in [0.5, 0.6) is 0 Å². The number of halogens is 3. The van der Waals surface area contributed by atoms with Crippen LogP contribution in [0.3, 0.4) is 0 Å². The Morgan fingerprint density at radius 1 is 1.19 bits per heavy atom. The van der Waals surface area contributed by atoms with Crippen molar-refractivity contribution in [3.63, 3.8) is 0 Å². The smallest absolute Gasteiger partial charge is 0.270 e. The Kier molecular flexibility index (Phi) is 5.26. The normalized spacial score (nSPS) is 16.3. The van der Waals surface area contributed by atoms with Crippen LogP contribution >= 0.6 is 0 Å². The van der Waals surface area contributed by atoms with Crippen molar-refractivity contribution in [2.45, 2.75) is 19.3 Å². The summed E-state index contributed by atoms with van der Waals surface area (Å²) in [6, 6.07) is 12.9. The number of nitrogens with one attached hydrogen (secondary N) is 2. The van der Waals surface area contributed by atoms with Crippen LogP contribution in [0.4, 0.5) is 19.0 Å². The largest absolute Gasteiger partial charge is 0.355 e. The maximum absolute atomic E-state index is 13.8. The number of amides is 2. The third-order valence-corrected chi connectivity index (χ3v) is 5.03. The molecule has 3 aromatic rings. The number of aromatic nitrogens is 2. The number of carbonyl (C=O) groups excluding carboxylic acids is 2. The number of alkyl halides is 2. The number of carbonyl (C=O) groups is 2. The van der Waals surface area contributed by atoms with Crippen LogP contribution in [-0.2, 0) is 15.5 Å². The molecular weight excluding hydrogens is 409 g/mol. The van der Waals surface area contributed by atoms with Crippen LogP contribution < -0.4 is 10.6 Å². The molecule has 0 saturated carbocycles. The van der Waals surface area contributed by atoms with Gasteiger partial charge in [-0.2, -0.15) is 0 Å². The van der Waals surface area contributed by atoms with E-state index in [1.807, 2.05) is 0 Å². The number of hydrogen-bond acceptors (Lipinski definition) is 3. The third kappa shape index (κ3) is 4.45. The first-order valence-electron chi connectivity index (χ1n) is 9.63. The molecule has 2 N–H and O–H groups in total. The molecule has 0 radical (unpaired) electrons. The lowest BCUT2D eigenvalue weighted by molar-refractivity contribution is -0.123. The highest BCUT2D eigenvalue weighted by Crippen LogP contribution is 2.32. The number of hydrogen-bond donors (Lipinski definition) is 2. The van der Waals surface area contributed by atoms with Gasteiger partial charge in [-0.1, -0.05) is 24.3 Å². The monoisotopic (exact) mass is 428 g/mol. The van der Waals surface area contributed by atoms with E-state index in [0.29, 0.717) is 16.9 Å². The molecule has 31 heavy (non-hydrogen) atoms. The van der Waals surface area contributed by atoms with E-state index in [9.17, 15) is 22.8 Å². The van der Waals surface area contributed by atoms with E-state index >= 15 is 0 Å². The summed E-state index contributed by atoms with van der Waals surface area (Å²) >= 11 is 0. The summed E-state index contributed by atoms with van der Waals surface area (Å²) in [5, 5.41) is 9.60. The Morgan fingerprint density at radius 2 is 1.97 bits per heavy atom. The summed E-state index contributed by atoms with van der Waals surface area (Å²) in [6.07, 6.45) is 0.0803. The third-order valence-electron chi connectivity index (χ3n) is 5.03. The highest BCUT2D eigenvalue weighted by atomic mass is 19.3. The Hall–Kier alpha value is -3.62. The molecule has 1 aliphatic rings. The molecule has 160 valence electrons. The van der Waals surface area contributed by atoms with Gasteiger partial charge in [-0.25, -0.2) is 17.9 Å². The topological polar surface area (TPSA) is 76.0 Å². The number of nitrogens with zero attached hydrogens (tertiary/aromatic N) is 2. The maximum atomic E-state index is 13.8. The second-order valence-electron chi connectivity index (χ2n) is 7.47. The van der Waals surface area contributed by atoms with Gasteiger partial charge in [0.05, 0.1) is 17.3 Å². The van der Waals surface area contributed by atoms with Crippen LogP contribution in [0.15, 0.2) is 54.6 Å². The van der Waals surface area contributed by atoms with Crippen molar-refractivity contribution in [2.75, 3.05) is 11.9 Å². The lowest BCUT2D eigenvalue weighted by Gasteiger charge is -2.13. The SMILES string of the molecule is CC(F)(F)c1cccc(-c2cc(NC(=O)[C@H]3CNC(=O)C3)nn2-c2cccc(F)c2)c1. The summed E-state index contributed by atoms with van der Waals surface area (Å²) in [5.74, 6) is -4.49. The zero-order valence-electron chi connectivity index (χ0n) is 16.5. The van der Waals surface area contributed by atoms with Gasteiger partial charge in [0.1, 0.15) is 5.82 Å². The minimum Gasteiger partial charge on any atom is -0.355 e. The van der Waals surface area contributed by atoms with E-state index in [2.05, 4.69) is 15.7 Å². The lowest BCUT2D eigenvalue weighted by Crippen LogP contribution is -2.24. The predicted molar refractivity (Wildman–Crippen MR) is 108 cm³/mol. The number of anilines is 1. The fourth-order valence-electron chi connectivity index (χ4n) is 3.42. The van der Waals surface area contributed by atoms with Crippen molar-refractivity contribution < 1.29 is 22.8 Å². The summed E-state index contributed by atoms with van der Waals surface area (Å²) in [7, 11) is 0. The molecule has 1 aromatic heterocycles. The summed E-state index contributed by atoms with van der Waals surface area (Å²) < 4.78 is 42.9. The van der Waals surface area contributed by atoms with Gasteiger partial charge in [-0.05, 0) is 24.3 Å². The predicted octanol–water partition coefficient (Wildman–Crippen LogP) is 3.86. The Balaban J connectivity index is 1.74. The summed E-state index contributed by atoms with van der Waals surface area (Å²) in [4.78, 5) is 23.9. The summed E-state index contributed by atoms with van der Waals surface area (Å²) in [5.41, 5.74) is 1.00. The van der Waals surface area contributed by atoms with E-state index in [-0.39, 0.29) is 36.2 Å². The van der Waals surface area contributed by atoms with Crippen molar-refractivity contribution in [3.8, 4) is 16.9 Å². The van der Waals surface area contributed by atoms with E-state index in [1.54, 1.807) is 12.1 Å². The molecule has 9 heteroatoms. The first kappa shape index (κ1) is 20.6. The highest BCUT2D eigenvalue weighted by Gasteiger charge is 2.29. The second-order valence-corrected chi connectivity index (χ2v) is 7.47. The average molecular weight is 428 g/mol. The molecule has 1 saturated heterocycles.